The number of rotatable bonds is 3. The number of anilines is 2. The fourth-order valence-corrected chi connectivity index (χ4v) is 4.06. The van der Waals surface area contributed by atoms with Gasteiger partial charge in [-0.3, -0.25) is 4.57 Å². The molecule has 124 valence electrons. The van der Waals surface area contributed by atoms with Gasteiger partial charge in [-0.05, 0) is 31.2 Å². The topological polar surface area (TPSA) is 37.2 Å². The largest absolute Gasteiger partial charge is 0.368 e. The van der Waals surface area contributed by atoms with Crippen LogP contribution in [0.3, 0.4) is 0 Å². The smallest absolute Gasteiger partial charge is 0.227 e. The van der Waals surface area contributed by atoms with Crippen molar-refractivity contribution in [2.45, 2.75) is 6.92 Å². The molecule has 0 spiro atoms. The lowest BCUT2D eigenvalue weighted by Gasteiger charge is -2.36. The number of hydrogen-bond acceptors (Lipinski definition) is 5. The van der Waals surface area contributed by atoms with Crippen LogP contribution < -0.4 is 9.80 Å². The molecule has 0 saturated carbocycles. The normalized spacial score (nSPS) is 15.1. The van der Waals surface area contributed by atoms with Gasteiger partial charge in [0.05, 0.1) is 4.88 Å². The van der Waals surface area contributed by atoms with E-state index in [1.54, 1.807) is 11.3 Å². The molecule has 3 heterocycles. The number of piperazine rings is 1. The Kier molecular flexibility index (Phi) is 3.98. The number of nitrogens with zero attached hydrogens (tertiary/aromatic N) is 5. The number of hydrogen-bond donors (Lipinski definition) is 0. The zero-order chi connectivity index (χ0) is 16.5. The van der Waals surface area contributed by atoms with E-state index in [9.17, 15) is 0 Å². The van der Waals surface area contributed by atoms with Crippen molar-refractivity contribution in [1.82, 2.24) is 14.8 Å². The summed E-state index contributed by atoms with van der Waals surface area (Å²) in [6, 6.07) is 14.9. The fraction of sp³-hybridized carbons (Fsp3) is 0.333. The van der Waals surface area contributed by atoms with Crippen LogP contribution in [0.4, 0.5) is 11.6 Å². The van der Waals surface area contributed by atoms with Crippen LogP contribution >= 0.6 is 11.3 Å². The molecule has 0 radical (unpaired) electrons. The van der Waals surface area contributed by atoms with Crippen LogP contribution in [0, 0.1) is 6.92 Å². The molecule has 0 bridgehead atoms. The first-order valence-electron chi connectivity index (χ1n) is 8.23. The lowest BCUT2D eigenvalue weighted by Crippen LogP contribution is -2.47. The van der Waals surface area contributed by atoms with E-state index < -0.39 is 0 Å². The Morgan fingerprint density at radius 2 is 1.58 bits per heavy atom. The minimum absolute atomic E-state index is 0.952. The van der Waals surface area contributed by atoms with Crippen molar-refractivity contribution in [1.29, 1.82) is 0 Å². The van der Waals surface area contributed by atoms with E-state index in [1.807, 2.05) is 0 Å². The zero-order valence-electron chi connectivity index (χ0n) is 14.0. The van der Waals surface area contributed by atoms with Crippen molar-refractivity contribution in [2.24, 2.45) is 7.05 Å². The van der Waals surface area contributed by atoms with Gasteiger partial charge < -0.3 is 9.80 Å². The van der Waals surface area contributed by atoms with Gasteiger partial charge in [0.25, 0.3) is 0 Å². The first kappa shape index (κ1) is 15.2. The molecule has 0 N–H and O–H groups in total. The minimum Gasteiger partial charge on any atom is -0.368 e. The third-order valence-electron chi connectivity index (χ3n) is 4.50. The second kappa shape index (κ2) is 6.28. The first-order valence-corrected chi connectivity index (χ1v) is 9.05. The summed E-state index contributed by atoms with van der Waals surface area (Å²) in [6.07, 6.45) is 0. The predicted molar refractivity (Wildman–Crippen MR) is 99.9 cm³/mol. The molecule has 4 rings (SSSR count). The molecule has 0 aliphatic carbocycles. The molecule has 1 aromatic carbocycles. The van der Waals surface area contributed by atoms with Gasteiger partial charge in [0, 0.05) is 43.8 Å². The summed E-state index contributed by atoms with van der Waals surface area (Å²) in [7, 11) is 2.06. The Balaban J connectivity index is 1.49. The molecule has 0 unspecified atom stereocenters. The summed E-state index contributed by atoms with van der Waals surface area (Å²) in [5, 5.41) is 8.87. The highest BCUT2D eigenvalue weighted by molar-refractivity contribution is 7.15. The maximum absolute atomic E-state index is 4.45. The van der Waals surface area contributed by atoms with E-state index in [1.165, 1.54) is 15.4 Å². The zero-order valence-corrected chi connectivity index (χ0v) is 14.8. The van der Waals surface area contributed by atoms with Gasteiger partial charge in [-0.1, -0.05) is 18.2 Å². The number of thiophene rings is 1. The number of aryl methyl sites for hydroxylation is 1. The molecular weight excluding hydrogens is 318 g/mol. The second-order valence-corrected chi connectivity index (χ2v) is 7.39. The lowest BCUT2D eigenvalue weighted by atomic mass is 10.2. The van der Waals surface area contributed by atoms with Crippen molar-refractivity contribution in [2.75, 3.05) is 36.0 Å². The number of para-hydroxylation sites is 1. The first-order chi connectivity index (χ1) is 11.7. The second-order valence-electron chi connectivity index (χ2n) is 6.10. The Hall–Kier alpha value is -2.34. The monoisotopic (exact) mass is 339 g/mol. The van der Waals surface area contributed by atoms with E-state index >= 15 is 0 Å². The van der Waals surface area contributed by atoms with Gasteiger partial charge in [0.2, 0.25) is 5.95 Å². The molecule has 0 atom stereocenters. The molecule has 6 heteroatoms. The molecular formula is C18H21N5S. The molecule has 3 aromatic rings. The Morgan fingerprint density at radius 1 is 0.875 bits per heavy atom. The van der Waals surface area contributed by atoms with Gasteiger partial charge in [-0.15, -0.1) is 21.5 Å². The van der Waals surface area contributed by atoms with Gasteiger partial charge in [0.15, 0.2) is 5.82 Å². The summed E-state index contributed by atoms with van der Waals surface area (Å²) in [4.78, 5) is 7.23. The Bertz CT molecular complexity index is 815. The molecule has 0 amide bonds. The third kappa shape index (κ3) is 2.78. The SMILES string of the molecule is Cc1ccc(-c2nnc(N3CCN(c4ccccc4)CC3)n2C)s1. The summed E-state index contributed by atoms with van der Waals surface area (Å²) in [5.41, 5.74) is 1.30. The maximum Gasteiger partial charge on any atom is 0.227 e. The molecule has 24 heavy (non-hydrogen) atoms. The van der Waals surface area contributed by atoms with E-state index in [2.05, 4.69) is 81.0 Å². The van der Waals surface area contributed by atoms with Crippen LogP contribution in [0.15, 0.2) is 42.5 Å². The predicted octanol–water partition coefficient (Wildman–Crippen LogP) is 3.18. The van der Waals surface area contributed by atoms with Crippen LogP contribution in [-0.4, -0.2) is 40.9 Å². The van der Waals surface area contributed by atoms with Crippen LogP contribution in [0.1, 0.15) is 4.88 Å². The average Bonchev–Trinajstić information content (AvgIpc) is 3.21. The minimum atomic E-state index is 0.952. The summed E-state index contributed by atoms with van der Waals surface area (Å²) >= 11 is 1.76. The third-order valence-corrected chi connectivity index (χ3v) is 5.49. The van der Waals surface area contributed by atoms with Crippen molar-refractivity contribution >= 4 is 23.0 Å². The van der Waals surface area contributed by atoms with Crippen molar-refractivity contribution in [3.8, 4) is 10.7 Å². The standard InChI is InChI=1S/C18H21N5S/c1-14-8-9-16(24-14)17-19-20-18(21(17)2)23-12-10-22(11-13-23)15-6-4-3-5-7-15/h3-9H,10-13H2,1-2H3. The van der Waals surface area contributed by atoms with Crippen molar-refractivity contribution in [3.63, 3.8) is 0 Å². The maximum atomic E-state index is 4.45. The molecule has 1 aliphatic rings. The van der Waals surface area contributed by atoms with Gasteiger partial charge in [0.1, 0.15) is 0 Å². The van der Waals surface area contributed by atoms with Gasteiger partial charge in [-0.25, -0.2) is 0 Å². The van der Waals surface area contributed by atoms with E-state index in [4.69, 9.17) is 0 Å². The molecule has 1 fully saturated rings. The molecule has 1 saturated heterocycles. The molecule has 5 nitrogen and oxygen atoms in total. The van der Waals surface area contributed by atoms with Crippen LogP contribution in [-0.2, 0) is 7.05 Å². The van der Waals surface area contributed by atoms with Crippen molar-refractivity contribution in [3.05, 3.63) is 47.3 Å². The van der Waals surface area contributed by atoms with E-state index in [-0.39, 0.29) is 0 Å². The van der Waals surface area contributed by atoms with Crippen LogP contribution in [0.5, 0.6) is 0 Å². The van der Waals surface area contributed by atoms with Gasteiger partial charge in [-0.2, -0.15) is 0 Å². The highest BCUT2D eigenvalue weighted by atomic mass is 32.1. The average molecular weight is 339 g/mol. The number of benzene rings is 1. The Labute approximate surface area is 146 Å². The molecule has 1 aliphatic heterocycles. The Morgan fingerprint density at radius 3 is 2.25 bits per heavy atom. The highest BCUT2D eigenvalue weighted by Gasteiger charge is 2.22. The summed E-state index contributed by atoms with van der Waals surface area (Å²) < 4.78 is 2.11. The summed E-state index contributed by atoms with van der Waals surface area (Å²) in [6.45, 7) is 6.05. The fourth-order valence-electron chi connectivity index (χ4n) is 3.17. The van der Waals surface area contributed by atoms with E-state index in [0.717, 1.165) is 38.0 Å². The number of aromatic nitrogens is 3. The van der Waals surface area contributed by atoms with Gasteiger partial charge >= 0.3 is 0 Å². The van der Waals surface area contributed by atoms with E-state index in [0.29, 0.717) is 0 Å². The molecule has 2 aromatic heterocycles. The quantitative estimate of drug-likeness (QED) is 0.734. The van der Waals surface area contributed by atoms with Crippen LogP contribution in [0.2, 0.25) is 0 Å². The van der Waals surface area contributed by atoms with Crippen molar-refractivity contribution < 1.29 is 0 Å². The highest BCUT2D eigenvalue weighted by Crippen LogP contribution is 2.28. The lowest BCUT2D eigenvalue weighted by molar-refractivity contribution is 0.630. The van der Waals surface area contributed by atoms with Crippen LogP contribution in [0.25, 0.3) is 10.7 Å². The summed E-state index contributed by atoms with van der Waals surface area (Å²) in [5.74, 6) is 1.91.